The third-order valence-electron chi connectivity index (χ3n) is 1.89. The monoisotopic (exact) mass is 263 g/mol. The van der Waals surface area contributed by atoms with Crippen molar-refractivity contribution < 1.29 is 16.8 Å². The van der Waals surface area contributed by atoms with E-state index < -0.39 is 19.9 Å². The quantitative estimate of drug-likeness (QED) is 0.838. The van der Waals surface area contributed by atoms with Crippen LogP contribution in [0.4, 0.5) is 0 Å². The van der Waals surface area contributed by atoms with Crippen LogP contribution in [0.2, 0.25) is 0 Å². The van der Waals surface area contributed by atoms with Gasteiger partial charge in [0.1, 0.15) is 0 Å². The first-order valence-corrected chi connectivity index (χ1v) is 8.20. The SMILES string of the molecule is CS(=O)(=O)NCc1ccc(S(C)(=O)=O)cc1. The van der Waals surface area contributed by atoms with Gasteiger partial charge in [0.05, 0.1) is 11.2 Å². The van der Waals surface area contributed by atoms with Crippen molar-refractivity contribution in [1.29, 1.82) is 0 Å². The van der Waals surface area contributed by atoms with Gasteiger partial charge in [-0.3, -0.25) is 0 Å². The van der Waals surface area contributed by atoms with Crippen LogP contribution < -0.4 is 4.72 Å². The van der Waals surface area contributed by atoms with Crippen LogP contribution >= 0.6 is 0 Å². The van der Waals surface area contributed by atoms with Crippen LogP contribution in [0.15, 0.2) is 29.2 Å². The second kappa shape index (κ2) is 4.52. The summed E-state index contributed by atoms with van der Waals surface area (Å²) in [6.07, 6.45) is 2.19. The Hall–Kier alpha value is -0.920. The summed E-state index contributed by atoms with van der Waals surface area (Å²) < 4.78 is 46.3. The van der Waals surface area contributed by atoms with Crippen molar-refractivity contribution in [1.82, 2.24) is 4.72 Å². The third-order valence-corrected chi connectivity index (χ3v) is 3.69. The summed E-state index contributed by atoms with van der Waals surface area (Å²) in [5, 5.41) is 0. The first-order chi connectivity index (χ1) is 7.18. The van der Waals surface area contributed by atoms with Crippen molar-refractivity contribution in [3.05, 3.63) is 29.8 Å². The van der Waals surface area contributed by atoms with E-state index in [1.165, 1.54) is 12.1 Å². The van der Waals surface area contributed by atoms with Gasteiger partial charge in [-0.25, -0.2) is 21.6 Å². The fourth-order valence-corrected chi connectivity index (χ4v) is 2.13. The Kier molecular flexibility index (Phi) is 3.72. The number of hydrogen-bond donors (Lipinski definition) is 1. The first kappa shape index (κ1) is 13.1. The number of benzene rings is 1. The van der Waals surface area contributed by atoms with Crippen LogP contribution in [0.5, 0.6) is 0 Å². The van der Waals surface area contributed by atoms with Gasteiger partial charge in [0.15, 0.2) is 9.84 Å². The Bertz CT molecular complexity index is 558. The molecule has 0 spiro atoms. The van der Waals surface area contributed by atoms with E-state index in [-0.39, 0.29) is 11.4 Å². The molecule has 0 saturated carbocycles. The number of sulfonamides is 1. The molecule has 0 atom stereocenters. The van der Waals surface area contributed by atoms with Gasteiger partial charge in [-0.2, -0.15) is 0 Å². The Balaban J connectivity index is 2.81. The molecule has 0 aliphatic rings. The molecule has 0 heterocycles. The molecule has 0 bridgehead atoms. The minimum absolute atomic E-state index is 0.156. The highest BCUT2D eigenvalue weighted by molar-refractivity contribution is 7.90. The molecule has 0 radical (unpaired) electrons. The Morgan fingerprint density at radius 3 is 1.88 bits per heavy atom. The van der Waals surface area contributed by atoms with Gasteiger partial charge in [-0.15, -0.1) is 0 Å². The standard InChI is InChI=1S/C9H13NO4S2/c1-15(11,12)9-5-3-8(4-6-9)7-10-16(2,13)14/h3-6,10H,7H2,1-2H3. The van der Waals surface area contributed by atoms with Crippen LogP contribution in [-0.2, 0) is 26.4 Å². The van der Waals surface area contributed by atoms with E-state index in [4.69, 9.17) is 0 Å². The molecule has 1 N–H and O–H groups in total. The van der Waals surface area contributed by atoms with Crippen LogP contribution in [0.3, 0.4) is 0 Å². The van der Waals surface area contributed by atoms with Crippen LogP contribution in [0.25, 0.3) is 0 Å². The molecular formula is C9H13NO4S2. The summed E-state index contributed by atoms with van der Waals surface area (Å²) in [5.74, 6) is 0. The van der Waals surface area contributed by atoms with E-state index in [0.717, 1.165) is 12.5 Å². The molecular weight excluding hydrogens is 250 g/mol. The highest BCUT2D eigenvalue weighted by Crippen LogP contribution is 2.10. The minimum atomic E-state index is -3.23. The second-order valence-electron chi connectivity index (χ2n) is 3.51. The molecule has 0 fully saturated rings. The molecule has 0 aliphatic carbocycles. The van der Waals surface area contributed by atoms with Gasteiger partial charge in [-0.05, 0) is 17.7 Å². The summed E-state index contributed by atoms with van der Waals surface area (Å²) >= 11 is 0. The van der Waals surface area contributed by atoms with Crippen molar-refractivity contribution in [2.24, 2.45) is 0 Å². The number of rotatable bonds is 4. The molecule has 1 rings (SSSR count). The lowest BCUT2D eigenvalue weighted by Crippen LogP contribution is -2.21. The lowest BCUT2D eigenvalue weighted by molar-refractivity contribution is 0.587. The maximum atomic E-state index is 11.1. The van der Waals surface area contributed by atoms with E-state index in [1.54, 1.807) is 12.1 Å². The van der Waals surface area contributed by atoms with Crippen molar-refractivity contribution >= 4 is 19.9 Å². The highest BCUT2D eigenvalue weighted by Gasteiger charge is 2.06. The maximum Gasteiger partial charge on any atom is 0.209 e. The Morgan fingerprint density at radius 1 is 1.00 bits per heavy atom. The average molecular weight is 263 g/mol. The minimum Gasteiger partial charge on any atom is -0.224 e. The van der Waals surface area contributed by atoms with Crippen LogP contribution in [-0.4, -0.2) is 29.3 Å². The fraction of sp³-hybridized carbons (Fsp3) is 0.333. The molecule has 1 aromatic rings. The molecule has 16 heavy (non-hydrogen) atoms. The van der Waals surface area contributed by atoms with Crippen molar-refractivity contribution in [2.75, 3.05) is 12.5 Å². The predicted octanol–water partition coefficient (Wildman–Crippen LogP) is 0.139. The molecule has 0 saturated heterocycles. The molecule has 5 nitrogen and oxygen atoms in total. The van der Waals surface area contributed by atoms with Gasteiger partial charge in [-0.1, -0.05) is 12.1 Å². The van der Waals surface area contributed by atoms with Crippen molar-refractivity contribution in [3.63, 3.8) is 0 Å². The number of nitrogens with one attached hydrogen (secondary N) is 1. The molecule has 0 aliphatic heterocycles. The molecule has 1 aromatic carbocycles. The highest BCUT2D eigenvalue weighted by atomic mass is 32.2. The van der Waals surface area contributed by atoms with Gasteiger partial charge in [0, 0.05) is 12.8 Å². The van der Waals surface area contributed by atoms with E-state index in [1.807, 2.05) is 0 Å². The van der Waals surface area contributed by atoms with Crippen molar-refractivity contribution in [3.8, 4) is 0 Å². The zero-order valence-electron chi connectivity index (χ0n) is 8.97. The summed E-state index contributed by atoms with van der Waals surface area (Å²) in [7, 11) is -6.43. The molecule has 0 unspecified atom stereocenters. The van der Waals surface area contributed by atoms with Crippen molar-refractivity contribution in [2.45, 2.75) is 11.4 Å². The van der Waals surface area contributed by atoms with E-state index in [2.05, 4.69) is 4.72 Å². The largest absolute Gasteiger partial charge is 0.224 e. The lowest BCUT2D eigenvalue weighted by Gasteiger charge is -2.03. The molecule has 90 valence electrons. The average Bonchev–Trinajstić information content (AvgIpc) is 2.13. The summed E-state index contributed by atoms with van der Waals surface area (Å²) in [5.41, 5.74) is 0.706. The topological polar surface area (TPSA) is 80.3 Å². The predicted molar refractivity (Wildman–Crippen MR) is 61.2 cm³/mol. The molecule has 7 heteroatoms. The van der Waals surface area contributed by atoms with E-state index in [9.17, 15) is 16.8 Å². The smallest absolute Gasteiger partial charge is 0.209 e. The van der Waals surface area contributed by atoms with E-state index >= 15 is 0 Å². The second-order valence-corrected chi connectivity index (χ2v) is 7.36. The molecule has 0 amide bonds. The van der Waals surface area contributed by atoms with Crippen LogP contribution in [0.1, 0.15) is 5.56 Å². The lowest BCUT2D eigenvalue weighted by atomic mass is 10.2. The zero-order valence-corrected chi connectivity index (χ0v) is 10.6. The third kappa shape index (κ3) is 4.30. The summed E-state index contributed by atoms with van der Waals surface area (Å²) in [6.45, 7) is 0.156. The molecule has 0 aromatic heterocycles. The van der Waals surface area contributed by atoms with Gasteiger partial charge in [0.25, 0.3) is 0 Å². The Morgan fingerprint density at radius 2 is 1.50 bits per heavy atom. The summed E-state index contributed by atoms with van der Waals surface area (Å²) in [6, 6.07) is 6.06. The van der Waals surface area contributed by atoms with Gasteiger partial charge < -0.3 is 0 Å². The van der Waals surface area contributed by atoms with Gasteiger partial charge >= 0.3 is 0 Å². The zero-order chi connectivity index (χ0) is 12.4. The summed E-state index contributed by atoms with van der Waals surface area (Å²) in [4.78, 5) is 0.218. The normalized spacial score (nSPS) is 12.6. The van der Waals surface area contributed by atoms with Gasteiger partial charge in [0.2, 0.25) is 10.0 Å². The van der Waals surface area contributed by atoms with E-state index in [0.29, 0.717) is 5.56 Å². The maximum absolute atomic E-state index is 11.1. The first-order valence-electron chi connectivity index (χ1n) is 4.42. The number of sulfone groups is 1. The Labute approximate surface area is 95.5 Å². The fourth-order valence-electron chi connectivity index (χ4n) is 1.07. The number of hydrogen-bond acceptors (Lipinski definition) is 4. The van der Waals surface area contributed by atoms with Crippen LogP contribution in [0, 0.1) is 0 Å².